The number of pyridine rings is 1. The molecule has 4 aliphatic rings. The molecule has 2 amide bonds. The number of piperidine rings is 2. The molecule has 2 aromatic carbocycles. The van der Waals surface area contributed by atoms with Gasteiger partial charge in [0, 0.05) is 67.4 Å². The number of benzene rings is 2. The fourth-order valence-corrected chi connectivity index (χ4v) is 8.84. The van der Waals surface area contributed by atoms with E-state index in [-0.39, 0.29) is 79.2 Å². The Bertz CT molecular complexity index is 2290. The van der Waals surface area contributed by atoms with Crippen LogP contribution >= 0.6 is 0 Å². The van der Waals surface area contributed by atoms with E-state index in [1.165, 1.54) is 22.8 Å². The number of nitrogens with one attached hydrogen (secondary N) is 2. The minimum Gasteiger partial charge on any atom is -0.410 e. The molecule has 3 aromatic rings. The van der Waals surface area contributed by atoms with Crippen molar-refractivity contribution >= 4 is 45.3 Å². The van der Waals surface area contributed by atoms with Crippen molar-refractivity contribution in [3.8, 4) is 0 Å². The molecule has 0 bridgehead atoms. The van der Waals surface area contributed by atoms with Crippen LogP contribution in [0.3, 0.4) is 0 Å². The molecule has 3 fully saturated rings. The third kappa shape index (κ3) is 10.3. The predicted molar refractivity (Wildman–Crippen MR) is 215 cm³/mol. The number of halogens is 6. The molecule has 7 rings (SSSR count). The Morgan fingerprint density at radius 1 is 0.900 bits per heavy atom. The van der Waals surface area contributed by atoms with E-state index in [0.717, 1.165) is 30.9 Å². The highest BCUT2D eigenvalue weighted by Crippen LogP contribution is 2.40. The van der Waals surface area contributed by atoms with Crippen LogP contribution in [-0.4, -0.2) is 72.2 Å². The molecule has 1 aliphatic carbocycles. The number of allylic oxidation sites excluding steroid dienone is 5. The van der Waals surface area contributed by atoms with E-state index in [4.69, 9.17) is 0 Å². The standard InChI is InChI=1S/C44H47F6N5O5/c1-53-25-35(33-6-2-3-7-34(33)42(53)59)30-9-8-28(22-32(23-30)60-44(48,49)50)21-27-5-4-17-54(18-14-27)26-39(56)29-15-19-55(20-16-29)38-12-10-31(24-36(38)43(45,46)47)51-37-11-13-40(57)52-41(37)58/h2-3,6-10,12,23-25,27,29,37,51H,4-5,11,13-22,26H2,1H3,(H,52,57,58). The number of likely N-dealkylation sites (tertiary alicyclic amines) is 1. The summed E-state index contributed by atoms with van der Waals surface area (Å²) in [6, 6.07) is 9.99. The summed E-state index contributed by atoms with van der Waals surface area (Å²) in [5.74, 6) is -1.34. The van der Waals surface area contributed by atoms with Crippen molar-refractivity contribution < 1.29 is 45.5 Å². The van der Waals surface area contributed by atoms with Gasteiger partial charge in [0.2, 0.25) is 11.8 Å². The minimum atomic E-state index is -4.89. The number of hydrogen-bond acceptors (Lipinski definition) is 8. The summed E-state index contributed by atoms with van der Waals surface area (Å²) in [6.45, 7) is 2.06. The van der Waals surface area contributed by atoms with E-state index in [9.17, 15) is 45.5 Å². The summed E-state index contributed by atoms with van der Waals surface area (Å²) in [4.78, 5) is 53.7. The number of ether oxygens (including phenoxy) is 1. The van der Waals surface area contributed by atoms with Crippen LogP contribution in [0, 0.1) is 11.8 Å². The number of imide groups is 1. The number of fused-ring (bicyclic) bond motifs is 1. The lowest BCUT2D eigenvalue weighted by atomic mass is 9.90. The monoisotopic (exact) mass is 839 g/mol. The van der Waals surface area contributed by atoms with Crippen LogP contribution in [0.15, 0.2) is 83.0 Å². The summed E-state index contributed by atoms with van der Waals surface area (Å²) in [5.41, 5.74) is 0.939. The van der Waals surface area contributed by atoms with Crippen molar-refractivity contribution in [1.82, 2.24) is 14.8 Å². The van der Waals surface area contributed by atoms with E-state index < -0.39 is 36.0 Å². The van der Waals surface area contributed by atoms with E-state index in [2.05, 4.69) is 20.3 Å². The number of aromatic nitrogens is 1. The quantitative estimate of drug-likeness (QED) is 0.157. The first kappa shape index (κ1) is 42.7. The van der Waals surface area contributed by atoms with Gasteiger partial charge in [-0.05, 0) is 105 Å². The average molecular weight is 840 g/mol. The molecule has 3 saturated heterocycles. The van der Waals surface area contributed by atoms with Crippen molar-refractivity contribution in [1.29, 1.82) is 0 Å². The number of aryl methyl sites for hydroxylation is 1. The summed E-state index contributed by atoms with van der Waals surface area (Å²) in [5, 5.41) is 6.09. The normalized spacial score (nSPS) is 21.4. The number of rotatable bonds is 10. The Morgan fingerprint density at radius 3 is 2.37 bits per heavy atom. The first-order chi connectivity index (χ1) is 28.5. The van der Waals surface area contributed by atoms with Gasteiger partial charge in [-0.3, -0.25) is 29.4 Å². The number of amides is 2. The number of anilines is 2. The van der Waals surface area contributed by atoms with Crippen LogP contribution < -0.4 is 21.1 Å². The molecular weight excluding hydrogens is 793 g/mol. The Hall–Kier alpha value is -5.38. The summed E-state index contributed by atoms with van der Waals surface area (Å²) < 4.78 is 89.6. The maximum absolute atomic E-state index is 14.3. The molecule has 2 N–H and O–H groups in total. The lowest BCUT2D eigenvalue weighted by Crippen LogP contribution is -2.47. The van der Waals surface area contributed by atoms with E-state index in [1.807, 2.05) is 6.08 Å². The molecule has 1 aromatic heterocycles. The van der Waals surface area contributed by atoms with Crippen molar-refractivity contribution in [3.63, 3.8) is 0 Å². The van der Waals surface area contributed by atoms with Crippen molar-refractivity contribution in [2.24, 2.45) is 18.9 Å². The van der Waals surface area contributed by atoms with Gasteiger partial charge in [-0.15, -0.1) is 13.2 Å². The second-order valence-corrected chi connectivity index (χ2v) is 16.2. The van der Waals surface area contributed by atoms with Gasteiger partial charge in [0.15, 0.2) is 0 Å². The Labute approximate surface area is 342 Å². The van der Waals surface area contributed by atoms with Gasteiger partial charge >= 0.3 is 12.5 Å². The molecule has 10 nitrogen and oxygen atoms in total. The molecule has 2 unspecified atom stereocenters. The number of nitrogens with zero attached hydrogens (tertiary/aromatic N) is 3. The first-order valence-electron chi connectivity index (χ1n) is 20.3. The average Bonchev–Trinajstić information content (AvgIpc) is 3.54. The lowest BCUT2D eigenvalue weighted by Gasteiger charge is -2.35. The Morgan fingerprint density at radius 2 is 1.65 bits per heavy atom. The molecular formula is C44H47F6N5O5. The number of carbonyl (C=O) groups excluding carboxylic acids is 3. The number of Topliss-reactive ketones (excluding diaryl/α,β-unsaturated/α-hetero) is 1. The molecule has 4 heterocycles. The lowest BCUT2D eigenvalue weighted by molar-refractivity contribution is -0.306. The highest BCUT2D eigenvalue weighted by molar-refractivity contribution is 6.01. The van der Waals surface area contributed by atoms with Gasteiger partial charge in [-0.25, -0.2) is 0 Å². The maximum Gasteiger partial charge on any atom is 0.572 e. The third-order valence-corrected chi connectivity index (χ3v) is 11.9. The highest BCUT2D eigenvalue weighted by Gasteiger charge is 2.38. The highest BCUT2D eigenvalue weighted by atomic mass is 19.4. The van der Waals surface area contributed by atoms with Crippen LogP contribution in [-0.2, 0) is 32.3 Å². The first-order valence-corrected chi connectivity index (χ1v) is 20.3. The van der Waals surface area contributed by atoms with Crippen LogP contribution in [0.25, 0.3) is 16.3 Å². The van der Waals surface area contributed by atoms with Gasteiger partial charge in [0.25, 0.3) is 5.56 Å². The fraction of sp³-hybridized carbons (Fsp3) is 0.455. The van der Waals surface area contributed by atoms with Gasteiger partial charge in [-0.2, -0.15) is 13.2 Å². The van der Waals surface area contributed by atoms with Crippen LogP contribution in [0.4, 0.5) is 37.7 Å². The molecule has 320 valence electrons. The number of ketones is 1. The minimum absolute atomic E-state index is 0.00404. The fourth-order valence-electron chi connectivity index (χ4n) is 8.84. The van der Waals surface area contributed by atoms with Crippen LogP contribution in [0.5, 0.6) is 0 Å². The molecule has 3 aliphatic heterocycles. The Balaban J connectivity index is 0.954. The van der Waals surface area contributed by atoms with Crippen molar-refractivity contribution in [2.75, 3.05) is 42.9 Å². The molecule has 2 atom stereocenters. The molecule has 60 heavy (non-hydrogen) atoms. The number of carbonyl (C=O) groups is 3. The smallest absolute Gasteiger partial charge is 0.410 e. The van der Waals surface area contributed by atoms with E-state index in [0.29, 0.717) is 54.3 Å². The van der Waals surface area contributed by atoms with Crippen molar-refractivity contribution in [3.05, 3.63) is 99.7 Å². The SMILES string of the molecule is Cn1cc(C2=CC=C(CC3CCCN(CC(=O)C4CCN(c5ccc(NC6CCC(=O)NC6=O)cc5C(F)(F)F)CC4)CC3)CC(OC(F)(F)F)=C2)c2ccccc2c1=O. The van der Waals surface area contributed by atoms with Gasteiger partial charge in [0.05, 0.1) is 12.1 Å². The second-order valence-electron chi connectivity index (χ2n) is 16.2. The summed E-state index contributed by atoms with van der Waals surface area (Å²) in [7, 11) is 1.60. The largest absolute Gasteiger partial charge is 0.572 e. The van der Waals surface area contributed by atoms with Gasteiger partial charge in [0.1, 0.15) is 17.6 Å². The maximum atomic E-state index is 14.3. The topological polar surface area (TPSA) is 113 Å². The zero-order valence-corrected chi connectivity index (χ0v) is 33.1. The third-order valence-electron chi connectivity index (χ3n) is 11.9. The van der Waals surface area contributed by atoms with Gasteiger partial charge < -0.3 is 19.5 Å². The second kappa shape index (κ2) is 17.7. The zero-order valence-electron chi connectivity index (χ0n) is 33.1. The molecule has 0 radical (unpaired) electrons. The van der Waals surface area contributed by atoms with E-state index in [1.54, 1.807) is 48.5 Å². The molecule has 16 heteroatoms. The van der Waals surface area contributed by atoms with Crippen LogP contribution in [0.1, 0.15) is 68.9 Å². The summed E-state index contributed by atoms with van der Waals surface area (Å²) in [6.07, 6.45) is 1.01. The number of alkyl halides is 6. The van der Waals surface area contributed by atoms with E-state index >= 15 is 0 Å². The number of hydrogen-bond donors (Lipinski definition) is 2. The van der Waals surface area contributed by atoms with Crippen molar-refractivity contribution in [2.45, 2.75) is 76.4 Å². The Kier molecular flexibility index (Phi) is 12.6. The van der Waals surface area contributed by atoms with Gasteiger partial charge in [-0.1, -0.05) is 35.9 Å². The zero-order chi connectivity index (χ0) is 42.8. The summed E-state index contributed by atoms with van der Waals surface area (Å²) >= 11 is 0. The molecule has 0 saturated carbocycles. The van der Waals surface area contributed by atoms with Crippen LogP contribution in [0.2, 0.25) is 0 Å². The molecule has 0 spiro atoms. The predicted octanol–water partition coefficient (Wildman–Crippen LogP) is 7.89.